The lowest BCUT2D eigenvalue weighted by molar-refractivity contribution is -0.154. The largest absolute Gasteiger partial charge is 0.468 e. The van der Waals surface area contributed by atoms with E-state index in [4.69, 9.17) is 9.47 Å². The minimum atomic E-state index is -0.629. The van der Waals surface area contributed by atoms with Crippen molar-refractivity contribution in [2.75, 3.05) is 14.2 Å². The molecule has 0 spiro atoms. The summed E-state index contributed by atoms with van der Waals surface area (Å²) in [5, 5.41) is 0. The first kappa shape index (κ1) is 15.2. The van der Waals surface area contributed by atoms with Gasteiger partial charge in [0.05, 0.1) is 7.11 Å². The Morgan fingerprint density at radius 2 is 2.00 bits per heavy atom. The highest BCUT2D eigenvalue weighted by atomic mass is 16.5. The first-order chi connectivity index (χ1) is 9.10. The molecular formula is C14H19NO4. The zero-order chi connectivity index (χ0) is 14.3. The zero-order valence-electron chi connectivity index (χ0n) is 11.4. The van der Waals surface area contributed by atoms with Crippen molar-refractivity contribution < 1.29 is 19.1 Å². The highest BCUT2D eigenvalue weighted by Gasteiger charge is 2.31. The van der Waals surface area contributed by atoms with Crippen LogP contribution in [0.1, 0.15) is 12.5 Å². The molecule has 5 nitrogen and oxygen atoms in total. The van der Waals surface area contributed by atoms with E-state index >= 15 is 0 Å². The fraction of sp³-hybridized carbons (Fsp3) is 0.429. The van der Waals surface area contributed by atoms with E-state index in [1.165, 1.54) is 7.11 Å². The molecule has 0 amide bonds. The molecule has 1 rings (SSSR count). The maximum absolute atomic E-state index is 11.8. The molecule has 0 bridgehead atoms. The standard InChI is InChI=1S/C14H19NO4/c1-11(19-10-16)13(14(17)18-3)15(2)9-12-7-5-4-6-8-12/h4-8,10-11,13H,9H2,1-3H3/t11-,13?/m1/s1. The Hall–Kier alpha value is -1.88. The number of esters is 1. The van der Waals surface area contributed by atoms with Gasteiger partial charge in [0, 0.05) is 6.54 Å². The Balaban J connectivity index is 2.79. The van der Waals surface area contributed by atoms with Crippen molar-refractivity contribution in [1.29, 1.82) is 0 Å². The minimum Gasteiger partial charge on any atom is -0.468 e. The summed E-state index contributed by atoms with van der Waals surface area (Å²) in [6, 6.07) is 9.10. The number of ether oxygens (including phenoxy) is 2. The second-order valence-corrected chi connectivity index (χ2v) is 4.31. The SMILES string of the molecule is COC(=O)C([C@@H](C)OC=O)N(C)Cc1ccccc1. The molecule has 19 heavy (non-hydrogen) atoms. The predicted molar refractivity (Wildman–Crippen MR) is 70.3 cm³/mol. The van der Waals surface area contributed by atoms with Gasteiger partial charge in [-0.1, -0.05) is 30.3 Å². The Labute approximate surface area is 113 Å². The molecule has 1 aromatic carbocycles. The molecular weight excluding hydrogens is 246 g/mol. The van der Waals surface area contributed by atoms with Gasteiger partial charge < -0.3 is 9.47 Å². The van der Waals surface area contributed by atoms with Crippen LogP contribution in [-0.4, -0.2) is 43.6 Å². The quantitative estimate of drug-likeness (QED) is 0.548. The molecule has 0 aliphatic heterocycles. The second kappa shape index (κ2) is 7.53. The van der Waals surface area contributed by atoms with Crippen LogP contribution in [0.15, 0.2) is 30.3 Å². The number of carbonyl (C=O) groups is 2. The van der Waals surface area contributed by atoms with Crippen LogP contribution < -0.4 is 0 Å². The summed E-state index contributed by atoms with van der Waals surface area (Å²) < 4.78 is 9.62. The fourth-order valence-electron chi connectivity index (χ4n) is 1.98. The maximum Gasteiger partial charge on any atom is 0.326 e. The lowest BCUT2D eigenvalue weighted by atomic mass is 10.1. The van der Waals surface area contributed by atoms with Crippen LogP contribution in [0.25, 0.3) is 0 Å². The number of rotatable bonds is 7. The van der Waals surface area contributed by atoms with E-state index in [0.717, 1.165) is 5.56 Å². The number of methoxy groups -OCH3 is 1. The Bertz CT molecular complexity index is 407. The van der Waals surface area contributed by atoms with Gasteiger partial charge in [-0.05, 0) is 19.5 Å². The molecule has 0 fully saturated rings. The number of nitrogens with zero attached hydrogens (tertiary/aromatic N) is 1. The third-order valence-electron chi connectivity index (χ3n) is 2.91. The van der Waals surface area contributed by atoms with Gasteiger partial charge in [-0.3, -0.25) is 14.5 Å². The van der Waals surface area contributed by atoms with Crippen LogP contribution in [0.4, 0.5) is 0 Å². The number of carbonyl (C=O) groups excluding carboxylic acids is 2. The summed E-state index contributed by atoms with van der Waals surface area (Å²) in [6.07, 6.45) is -0.571. The summed E-state index contributed by atoms with van der Waals surface area (Å²) in [5.74, 6) is -0.423. The Morgan fingerprint density at radius 3 is 2.53 bits per heavy atom. The lowest BCUT2D eigenvalue weighted by Crippen LogP contribution is -2.47. The van der Waals surface area contributed by atoms with Crippen molar-refractivity contribution in [2.24, 2.45) is 0 Å². The molecule has 104 valence electrons. The van der Waals surface area contributed by atoms with Gasteiger partial charge in [-0.25, -0.2) is 0 Å². The fourth-order valence-corrected chi connectivity index (χ4v) is 1.98. The molecule has 1 unspecified atom stereocenters. The van der Waals surface area contributed by atoms with E-state index in [0.29, 0.717) is 13.0 Å². The summed E-state index contributed by atoms with van der Waals surface area (Å²) in [7, 11) is 3.11. The number of hydrogen-bond acceptors (Lipinski definition) is 5. The van der Waals surface area contributed by atoms with Crippen LogP contribution >= 0.6 is 0 Å². The summed E-state index contributed by atoms with van der Waals surface area (Å²) in [5.41, 5.74) is 1.07. The Kier molecular flexibility index (Phi) is 6.02. The van der Waals surface area contributed by atoms with Gasteiger partial charge in [0.15, 0.2) is 0 Å². The second-order valence-electron chi connectivity index (χ2n) is 4.31. The third kappa shape index (κ3) is 4.37. The minimum absolute atomic E-state index is 0.344. The van der Waals surface area contributed by atoms with Crippen molar-refractivity contribution in [3.63, 3.8) is 0 Å². The van der Waals surface area contributed by atoms with Gasteiger partial charge >= 0.3 is 5.97 Å². The maximum atomic E-state index is 11.8. The summed E-state index contributed by atoms with van der Waals surface area (Å²) >= 11 is 0. The van der Waals surface area contributed by atoms with Gasteiger partial charge in [0.1, 0.15) is 12.1 Å². The van der Waals surface area contributed by atoms with Crippen LogP contribution in [0, 0.1) is 0 Å². The van der Waals surface area contributed by atoms with Crippen LogP contribution in [0.2, 0.25) is 0 Å². The van der Waals surface area contributed by atoms with Crippen molar-refractivity contribution in [3.8, 4) is 0 Å². The van der Waals surface area contributed by atoms with Crippen molar-refractivity contribution >= 4 is 12.4 Å². The molecule has 0 N–H and O–H groups in total. The molecule has 0 heterocycles. The summed E-state index contributed by atoms with van der Waals surface area (Å²) in [4.78, 5) is 24.0. The monoisotopic (exact) mass is 265 g/mol. The molecule has 2 atom stereocenters. The van der Waals surface area contributed by atoms with Gasteiger partial charge in [0.2, 0.25) is 0 Å². The molecule has 0 radical (unpaired) electrons. The highest BCUT2D eigenvalue weighted by Crippen LogP contribution is 2.12. The third-order valence-corrected chi connectivity index (χ3v) is 2.91. The molecule has 0 saturated carbocycles. The van der Waals surface area contributed by atoms with E-state index in [1.54, 1.807) is 18.9 Å². The molecule has 0 aliphatic rings. The van der Waals surface area contributed by atoms with Crippen molar-refractivity contribution in [1.82, 2.24) is 4.90 Å². The van der Waals surface area contributed by atoms with Crippen LogP contribution in [-0.2, 0) is 25.6 Å². The molecule has 1 aromatic rings. The molecule has 0 saturated heterocycles. The van der Waals surface area contributed by atoms with E-state index in [-0.39, 0.29) is 0 Å². The van der Waals surface area contributed by atoms with Crippen molar-refractivity contribution in [3.05, 3.63) is 35.9 Å². The molecule has 0 aromatic heterocycles. The number of hydrogen-bond donors (Lipinski definition) is 0. The van der Waals surface area contributed by atoms with Crippen molar-refractivity contribution in [2.45, 2.75) is 25.6 Å². The van der Waals surface area contributed by atoms with Gasteiger partial charge in [-0.2, -0.15) is 0 Å². The average Bonchev–Trinajstić information content (AvgIpc) is 2.40. The predicted octanol–water partition coefficient (Wildman–Crippen LogP) is 1.22. The van der Waals surface area contributed by atoms with Gasteiger partial charge in [0.25, 0.3) is 6.47 Å². The lowest BCUT2D eigenvalue weighted by Gasteiger charge is -2.29. The number of likely N-dealkylation sites (N-methyl/N-ethyl adjacent to an activating group) is 1. The normalized spacial score (nSPS) is 13.7. The van der Waals surface area contributed by atoms with E-state index in [2.05, 4.69) is 0 Å². The van der Waals surface area contributed by atoms with Crippen LogP contribution in [0.5, 0.6) is 0 Å². The van der Waals surface area contributed by atoms with E-state index < -0.39 is 18.1 Å². The average molecular weight is 265 g/mol. The molecule has 5 heteroatoms. The first-order valence-corrected chi connectivity index (χ1v) is 6.01. The van der Waals surface area contributed by atoms with E-state index in [1.807, 2.05) is 30.3 Å². The molecule has 0 aliphatic carbocycles. The highest BCUT2D eigenvalue weighted by molar-refractivity contribution is 5.76. The topological polar surface area (TPSA) is 55.8 Å². The van der Waals surface area contributed by atoms with E-state index in [9.17, 15) is 9.59 Å². The number of benzene rings is 1. The zero-order valence-corrected chi connectivity index (χ0v) is 11.4. The smallest absolute Gasteiger partial charge is 0.326 e. The Morgan fingerprint density at radius 1 is 1.37 bits per heavy atom. The van der Waals surface area contributed by atoms with Gasteiger partial charge in [-0.15, -0.1) is 0 Å². The summed E-state index contributed by atoms with van der Waals surface area (Å²) in [6.45, 7) is 2.57. The van der Waals surface area contributed by atoms with Crippen LogP contribution in [0.3, 0.4) is 0 Å². The first-order valence-electron chi connectivity index (χ1n) is 6.01.